The zero-order valence-corrected chi connectivity index (χ0v) is 20.1. The van der Waals surface area contributed by atoms with E-state index in [0.29, 0.717) is 27.5 Å². The zero-order chi connectivity index (χ0) is 23.7. The molecular weight excluding hydrogens is 477 g/mol. The standard InChI is InChI=1S/C23H27Cl2N7O2/c24-17-6-3-15(11-18(17)25)29-23-30-19-12-27-22(28-14-7-9-34-10-8-14)31-21(19)32(23)16-4-1-13(2-5-16)20(26)33/h3,6,11-14,16H,1-2,4-5,7-10H2,(H2,26,33)(H,29,30)(H,27,28,31). The molecule has 0 spiro atoms. The number of hydrogen-bond donors (Lipinski definition) is 3. The quantitative estimate of drug-likeness (QED) is 0.446. The van der Waals surface area contributed by atoms with Gasteiger partial charge in [0, 0.05) is 36.9 Å². The van der Waals surface area contributed by atoms with Gasteiger partial charge in [0.2, 0.25) is 17.8 Å². The first-order valence-electron chi connectivity index (χ1n) is 11.6. The van der Waals surface area contributed by atoms with Gasteiger partial charge in [0.05, 0.1) is 16.2 Å². The van der Waals surface area contributed by atoms with Gasteiger partial charge in [0.25, 0.3) is 0 Å². The number of halogens is 2. The lowest BCUT2D eigenvalue weighted by atomic mass is 9.85. The van der Waals surface area contributed by atoms with Crippen molar-refractivity contribution in [2.45, 2.75) is 50.6 Å². The van der Waals surface area contributed by atoms with Gasteiger partial charge in [-0.1, -0.05) is 23.2 Å². The molecule has 180 valence electrons. The largest absolute Gasteiger partial charge is 0.381 e. The zero-order valence-electron chi connectivity index (χ0n) is 18.6. The monoisotopic (exact) mass is 503 g/mol. The predicted molar refractivity (Wildman–Crippen MR) is 133 cm³/mol. The third-order valence-corrected chi connectivity index (χ3v) is 7.37. The summed E-state index contributed by atoms with van der Waals surface area (Å²) >= 11 is 12.3. The van der Waals surface area contributed by atoms with Gasteiger partial charge in [-0.05, 0) is 56.7 Å². The summed E-state index contributed by atoms with van der Waals surface area (Å²) in [7, 11) is 0. The van der Waals surface area contributed by atoms with E-state index in [9.17, 15) is 4.79 Å². The maximum absolute atomic E-state index is 11.7. The molecule has 0 unspecified atom stereocenters. The van der Waals surface area contributed by atoms with Gasteiger partial charge >= 0.3 is 0 Å². The van der Waals surface area contributed by atoms with Crippen LogP contribution in [0.4, 0.5) is 17.6 Å². The smallest absolute Gasteiger partial charge is 0.224 e. The summed E-state index contributed by atoms with van der Waals surface area (Å²) < 4.78 is 7.57. The van der Waals surface area contributed by atoms with E-state index in [-0.39, 0.29) is 23.9 Å². The van der Waals surface area contributed by atoms with Crippen LogP contribution >= 0.6 is 23.2 Å². The minimum Gasteiger partial charge on any atom is -0.381 e. The molecule has 3 aromatic rings. The number of primary amides is 1. The minimum atomic E-state index is -0.228. The molecule has 0 atom stereocenters. The van der Waals surface area contributed by atoms with Crippen LogP contribution in [0.25, 0.3) is 11.2 Å². The maximum Gasteiger partial charge on any atom is 0.224 e. The highest BCUT2D eigenvalue weighted by atomic mass is 35.5. The molecule has 2 aliphatic rings. The molecule has 3 heterocycles. The van der Waals surface area contributed by atoms with E-state index in [1.807, 2.05) is 6.07 Å². The highest BCUT2D eigenvalue weighted by Crippen LogP contribution is 2.37. The number of carbonyl (C=O) groups is 1. The Kier molecular flexibility index (Phi) is 6.76. The highest BCUT2D eigenvalue weighted by Gasteiger charge is 2.29. The number of nitrogens with one attached hydrogen (secondary N) is 2. The van der Waals surface area contributed by atoms with Crippen molar-refractivity contribution >= 4 is 57.9 Å². The van der Waals surface area contributed by atoms with Crippen LogP contribution < -0.4 is 16.4 Å². The number of carbonyl (C=O) groups excluding carboxylic acids is 1. The Labute approximate surface area is 207 Å². The molecule has 34 heavy (non-hydrogen) atoms. The van der Waals surface area contributed by atoms with Crippen LogP contribution in [0.2, 0.25) is 10.0 Å². The summed E-state index contributed by atoms with van der Waals surface area (Å²) in [6.07, 6.45) is 6.68. The van der Waals surface area contributed by atoms with E-state index in [2.05, 4.69) is 20.2 Å². The number of aromatic nitrogens is 4. The first kappa shape index (κ1) is 23.1. The summed E-state index contributed by atoms with van der Waals surface area (Å²) in [5.41, 5.74) is 7.76. The first-order chi connectivity index (χ1) is 16.5. The lowest BCUT2D eigenvalue weighted by Crippen LogP contribution is -2.29. The second-order valence-electron chi connectivity index (χ2n) is 8.90. The van der Waals surface area contributed by atoms with E-state index in [1.54, 1.807) is 18.3 Å². The molecule has 4 N–H and O–H groups in total. The van der Waals surface area contributed by atoms with Crippen molar-refractivity contribution in [3.63, 3.8) is 0 Å². The molecule has 1 aromatic carbocycles. The van der Waals surface area contributed by atoms with Crippen LogP contribution in [0.5, 0.6) is 0 Å². The fourth-order valence-electron chi connectivity index (χ4n) is 4.74. The van der Waals surface area contributed by atoms with E-state index >= 15 is 0 Å². The number of rotatable bonds is 6. The van der Waals surface area contributed by atoms with Gasteiger partial charge in [0.1, 0.15) is 5.52 Å². The summed E-state index contributed by atoms with van der Waals surface area (Å²) in [6.45, 7) is 1.47. The summed E-state index contributed by atoms with van der Waals surface area (Å²) in [6, 6.07) is 5.76. The molecule has 1 saturated carbocycles. The minimum absolute atomic E-state index is 0.0853. The topological polar surface area (TPSA) is 120 Å². The summed E-state index contributed by atoms with van der Waals surface area (Å²) in [5.74, 6) is 0.909. The Hall–Kier alpha value is -2.62. The Morgan fingerprint density at radius 2 is 1.82 bits per heavy atom. The van der Waals surface area contributed by atoms with E-state index in [1.165, 1.54) is 0 Å². The molecule has 2 aromatic heterocycles. The van der Waals surface area contributed by atoms with Gasteiger partial charge < -0.3 is 21.1 Å². The predicted octanol–water partition coefficient (Wildman–Crippen LogP) is 4.68. The lowest BCUT2D eigenvalue weighted by molar-refractivity contribution is -0.122. The molecule has 9 nitrogen and oxygen atoms in total. The number of ether oxygens (including phenoxy) is 1. The van der Waals surface area contributed by atoms with Crippen molar-refractivity contribution in [3.8, 4) is 0 Å². The Balaban J connectivity index is 1.49. The number of fused-ring (bicyclic) bond motifs is 1. The van der Waals surface area contributed by atoms with Crippen molar-refractivity contribution in [1.29, 1.82) is 0 Å². The van der Waals surface area contributed by atoms with Crippen LogP contribution in [-0.2, 0) is 9.53 Å². The van der Waals surface area contributed by atoms with Gasteiger partial charge in [-0.3, -0.25) is 9.36 Å². The number of amides is 1. The Morgan fingerprint density at radius 3 is 2.53 bits per heavy atom. The van der Waals surface area contributed by atoms with Crippen LogP contribution in [-0.4, -0.2) is 44.7 Å². The Bertz CT molecular complexity index is 1190. The second-order valence-corrected chi connectivity index (χ2v) is 9.71. The van der Waals surface area contributed by atoms with Crippen molar-refractivity contribution in [2.24, 2.45) is 11.7 Å². The fourth-order valence-corrected chi connectivity index (χ4v) is 5.04. The highest BCUT2D eigenvalue weighted by molar-refractivity contribution is 6.42. The van der Waals surface area contributed by atoms with Gasteiger partial charge in [-0.2, -0.15) is 4.98 Å². The van der Waals surface area contributed by atoms with E-state index in [4.69, 9.17) is 43.6 Å². The van der Waals surface area contributed by atoms with E-state index < -0.39 is 0 Å². The third kappa shape index (κ3) is 4.92. The van der Waals surface area contributed by atoms with Crippen LogP contribution in [0.1, 0.15) is 44.6 Å². The average Bonchev–Trinajstić information content (AvgIpc) is 3.19. The van der Waals surface area contributed by atoms with Gasteiger partial charge in [-0.15, -0.1) is 0 Å². The number of hydrogen-bond acceptors (Lipinski definition) is 7. The fraction of sp³-hybridized carbons (Fsp3) is 0.478. The number of nitrogens with two attached hydrogens (primary N) is 1. The maximum atomic E-state index is 11.7. The van der Waals surface area contributed by atoms with E-state index in [0.717, 1.165) is 63.1 Å². The summed E-state index contributed by atoms with van der Waals surface area (Å²) in [4.78, 5) is 25.8. The molecule has 1 aliphatic heterocycles. The molecule has 0 bridgehead atoms. The molecule has 2 fully saturated rings. The normalized spacial score (nSPS) is 21.5. The van der Waals surface area contributed by atoms with Crippen LogP contribution in [0.15, 0.2) is 24.4 Å². The number of nitrogens with zero attached hydrogens (tertiary/aromatic N) is 4. The van der Waals surface area contributed by atoms with Crippen molar-refractivity contribution in [2.75, 3.05) is 23.8 Å². The molecule has 1 amide bonds. The molecule has 11 heteroatoms. The van der Waals surface area contributed by atoms with Crippen molar-refractivity contribution < 1.29 is 9.53 Å². The second kappa shape index (κ2) is 9.93. The molecular formula is C23H27Cl2N7O2. The number of benzene rings is 1. The van der Waals surface area contributed by atoms with Gasteiger partial charge in [-0.25, -0.2) is 9.97 Å². The van der Waals surface area contributed by atoms with Crippen LogP contribution in [0.3, 0.4) is 0 Å². The number of imidazole rings is 1. The third-order valence-electron chi connectivity index (χ3n) is 6.63. The molecule has 0 radical (unpaired) electrons. The summed E-state index contributed by atoms with van der Waals surface area (Å²) in [5, 5.41) is 7.76. The molecule has 5 rings (SSSR count). The Morgan fingerprint density at radius 1 is 1.06 bits per heavy atom. The lowest BCUT2D eigenvalue weighted by Gasteiger charge is -2.29. The van der Waals surface area contributed by atoms with Crippen molar-refractivity contribution in [3.05, 3.63) is 34.4 Å². The average molecular weight is 504 g/mol. The molecule has 1 aliphatic carbocycles. The van der Waals surface area contributed by atoms with Crippen molar-refractivity contribution in [1.82, 2.24) is 19.5 Å². The molecule has 1 saturated heterocycles. The first-order valence-corrected chi connectivity index (χ1v) is 12.3. The SMILES string of the molecule is NC(=O)C1CCC(n2c(Nc3ccc(Cl)c(Cl)c3)nc3cnc(NC4CCOCC4)nc32)CC1. The van der Waals surface area contributed by atoms with Crippen LogP contribution in [0, 0.1) is 5.92 Å². The van der Waals surface area contributed by atoms with Gasteiger partial charge in [0.15, 0.2) is 5.65 Å². The number of anilines is 3.